The molecule has 0 saturated carbocycles. The molecule has 0 fully saturated rings. The van der Waals surface area contributed by atoms with Crippen molar-refractivity contribution in [3.8, 4) is 5.75 Å². The molecule has 1 aliphatic rings. The summed E-state index contributed by atoms with van der Waals surface area (Å²) in [5, 5.41) is 14.3. The van der Waals surface area contributed by atoms with Gasteiger partial charge in [-0.05, 0) is 53.8 Å². The molecule has 1 N–H and O–H groups in total. The average molecular weight is 408 g/mol. The third-order valence-corrected chi connectivity index (χ3v) is 5.18. The monoisotopic (exact) mass is 407 g/mol. The molecule has 0 aromatic heterocycles. The third kappa shape index (κ3) is 4.71. The molecule has 1 heterocycles. The second-order valence-electron chi connectivity index (χ2n) is 8.46. The molecule has 0 amide bonds. The van der Waals surface area contributed by atoms with Gasteiger partial charge in [-0.2, -0.15) is 0 Å². The molecule has 6 heteroatoms. The van der Waals surface area contributed by atoms with Crippen LogP contribution in [-0.4, -0.2) is 25.2 Å². The van der Waals surface area contributed by atoms with E-state index < -0.39 is 0 Å². The number of anilines is 1. The minimum atomic E-state index is -0.384. The van der Waals surface area contributed by atoms with E-state index in [4.69, 9.17) is 4.74 Å². The van der Waals surface area contributed by atoms with Crippen LogP contribution in [0.25, 0.3) is 11.6 Å². The van der Waals surface area contributed by atoms with Crippen LogP contribution in [0, 0.1) is 10.1 Å². The Hall–Kier alpha value is -3.12. The van der Waals surface area contributed by atoms with Crippen LogP contribution in [0.5, 0.6) is 5.75 Å². The molecular weight excluding hydrogens is 378 g/mol. The third-order valence-electron chi connectivity index (χ3n) is 5.18. The molecule has 6 nitrogen and oxygen atoms in total. The summed E-state index contributed by atoms with van der Waals surface area (Å²) in [6.07, 6.45) is 6.28. The molecule has 30 heavy (non-hydrogen) atoms. The molecule has 1 aliphatic heterocycles. The largest absolute Gasteiger partial charge is 0.496 e. The Kier molecular flexibility index (Phi) is 6.27. The number of nitrogens with zero attached hydrogens (tertiary/aromatic N) is 2. The molecule has 0 atom stereocenters. The second-order valence-corrected chi connectivity index (χ2v) is 8.46. The molecule has 0 bridgehead atoms. The van der Waals surface area contributed by atoms with E-state index in [2.05, 4.69) is 61.5 Å². The summed E-state index contributed by atoms with van der Waals surface area (Å²) in [6.45, 7) is 10.1. The van der Waals surface area contributed by atoms with Crippen LogP contribution in [-0.2, 0) is 5.41 Å². The van der Waals surface area contributed by atoms with Gasteiger partial charge in [-0.1, -0.05) is 26.8 Å². The van der Waals surface area contributed by atoms with Crippen LogP contribution >= 0.6 is 0 Å². The van der Waals surface area contributed by atoms with Gasteiger partial charge < -0.3 is 9.64 Å². The van der Waals surface area contributed by atoms with Crippen molar-refractivity contribution in [3.05, 3.63) is 75.5 Å². The van der Waals surface area contributed by atoms with E-state index in [-0.39, 0.29) is 16.0 Å². The summed E-state index contributed by atoms with van der Waals surface area (Å²) in [7, 11) is 1.70. The highest BCUT2D eigenvalue weighted by molar-refractivity contribution is 5.84. The Bertz CT molecular complexity index is 986. The first-order valence-corrected chi connectivity index (χ1v) is 10.0. The molecule has 0 radical (unpaired) electrons. The number of ether oxygens (including phenoxy) is 1. The lowest BCUT2D eigenvalue weighted by Crippen LogP contribution is -2.34. The first kappa shape index (κ1) is 21.6. The smallest absolute Gasteiger partial charge is 0.269 e. The van der Waals surface area contributed by atoms with Crippen molar-refractivity contribution in [2.45, 2.75) is 33.1 Å². The SMILES string of the molecule is COc1c(/C=C(\C)c2ccc([N+](=O)[O-])cc2)cc(N2C=CCNC2)cc1C(C)(C)C. The normalized spacial score (nSPS) is 14.7. The van der Waals surface area contributed by atoms with Gasteiger partial charge in [0.25, 0.3) is 5.69 Å². The molecule has 158 valence electrons. The number of methoxy groups -OCH3 is 1. The van der Waals surface area contributed by atoms with Crippen molar-refractivity contribution in [2.24, 2.45) is 0 Å². The minimum absolute atomic E-state index is 0.0885. The second kappa shape index (κ2) is 8.71. The van der Waals surface area contributed by atoms with Crippen molar-refractivity contribution in [1.29, 1.82) is 0 Å². The zero-order valence-corrected chi connectivity index (χ0v) is 18.2. The van der Waals surface area contributed by atoms with Gasteiger partial charge in [-0.3, -0.25) is 15.4 Å². The van der Waals surface area contributed by atoms with Gasteiger partial charge in [-0.15, -0.1) is 0 Å². The minimum Gasteiger partial charge on any atom is -0.496 e. The fraction of sp³-hybridized carbons (Fsp3) is 0.333. The summed E-state index contributed by atoms with van der Waals surface area (Å²) in [4.78, 5) is 12.7. The summed E-state index contributed by atoms with van der Waals surface area (Å²) >= 11 is 0. The fourth-order valence-corrected chi connectivity index (χ4v) is 3.53. The molecule has 2 aromatic rings. The number of hydrogen-bond donors (Lipinski definition) is 1. The van der Waals surface area contributed by atoms with Crippen molar-refractivity contribution < 1.29 is 9.66 Å². The lowest BCUT2D eigenvalue weighted by molar-refractivity contribution is -0.384. The number of allylic oxidation sites excluding steroid dienone is 1. The molecule has 2 aromatic carbocycles. The van der Waals surface area contributed by atoms with Gasteiger partial charge in [0.15, 0.2) is 0 Å². The van der Waals surface area contributed by atoms with E-state index in [1.807, 2.05) is 6.92 Å². The molecule has 0 aliphatic carbocycles. The predicted molar refractivity (Wildman–Crippen MR) is 123 cm³/mol. The van der Waals surface area contributed by atoms with Crippen LogP contribution in [0.2, 0.25) is 0 Å². The van der Waals surface area contributed by atoms with E-state index in [1.54, 1.807) is 19.2 Å². The highest BCUT2D eigenvalue weighted by Gasteiger charge is 2.23. The number of nitro groups is 1. The highest BCUT2D eigenvalue weighted by atomic mass is 16.6. The first-order valence-electron chi connectivity index (χ1n) is 10.0. The average Bonchev–Trinajstić information content (AvgIpc) is 2.73. The Morgan fingerprint density at radius 1 is 1.23 bits per heavy atom. The zero-order chi connectivity index (χ0) is 21.9. The van der Waals surface area contributed by atoms with Gasteiger partial charge in [-0.25, -0.2) is 0 Å². The lowest BCUT2D eigenvalue weighted by Gasteiger charge is -2.29. The fourth-order valence-electron chi connectivity index (χ4n) is 3.53. The van der Waals surface area contributed by atoms with Gasteiger partial charge in [0.1, 0.15) is 5.75 Å². The highest BCUT2D eigenvalue weighted by Crippen LogP contribution is 2.39. The Balaban J connectivity index is 2.11. The topological polar surface area (TPSA) is 67.6 Å². The molecule has 3 rings (SSSR count). The summed E-state index contributed by atoms with van der Waals surface area (Å²) in [5.74, 6) is 0.849. The van der Waals surface area contributed by atoms with E-state index in [9.17, 15) is 10.1 Å². The van der Waals surface area contributed by atoms with Crippen LogP contribution in [0.1, 0.15) is 44.4 Å². The zero-order valence-electron chi connectivity index (χ0n) is 18.2. The molecule has 0 saturated heterocycles. The maximum absolute atomic E-state index is 10.9. The van der Waals surface area contributed by atoms with Crippen LogP contribution in [0.4, 0.5) is 11.4 Å². The van der Waals surface area contributed by atoms with Crippen LogP contribution < -0.4 is 15.0 Å². The maximum atomic E-state index is 10.9. The Morgan fingerprint density at radius 2 is 1.93 bits per heavy atom. The Morgan fingerprint density at radius 3 is 2.47 bits per heavy atom. The predicted octanol–water partition coefficient (Wildman–Crippen LogP) is 5.34. The van der Waals surface area contributed by atoms with E-state index in [0.29, 0.717) is 0 Å². The molecule has 0 spiro atoms. The van der Waals surface area contributed by atoms with E-state index in [1.165, 1.54) is 12.1 Å². The van der Waals surface area contributed by atoms with Gasteiger partial charge in [0, 0.05) is 41.7 Å². The number of rotatable bonds is 5. The molecule has 0 unspecified atom stereocenters. The van der Waals surface area contributed by atoms with Crippen molar-refractivity contribution in [2.75, 3.05) is 25.2 Å². The maximum Gasteiger partial charge on any atom is 0.269 e. The van der Waals surface area contributed by atoms with Gasteiger partial charge in [0.05, 0.1) is 18.7 Å². The van der Waals surface area contributed by atoms with E-state index in [0.717, 1.165) is 46.9 Å². The number of nitro benzene ring substituents is 1. The summed E-state index contributed by atoms with van der Waals surface area (Å²) in [6, 6.07) is 10.9. The lowest BCUT2D eigenvalue weighted by atomic mass is 9.84. The van der Waals surface area contributed by atoms with Crippen molar-refractivity contribution in [3.63, 3.8) is 0 Å². The van der Waals surface area contributed by atoms with Gasteiger partial charge in [0.2, 0.25) is 0 Å². The first-order chi connectivity index (χ1) is 14.2. The number of hydrogen-bond acceptors (Lipinski definition) is 5. The van der Waals surface area contributed by atoms with Crippen molar-refractivity contribution >= 4 is 23.0 Å². The Labute approximate surface area is 178 Å². The quantitative estimate of drug-likeness (QED) is 0.411. The number of benzene rings is 2. The standard InChI is InChI=1S/C24H29N3O3/c1-17(18-7-9-20(10-8-18)27(28)29)13-19-14-21(26-12-6-11-25-16-26)15-22(23(19)30-5)24(2,3)4/h6-10,12-15,25H,11,16H2,1-5H3/b17-13+. The van der Waals surface area contributed by atoms with Crippen LogP contribution in [0.15, 0.2) is 48.7 Å². The van der Waals surface area contributed by atoms with Crippen LogP contribution in [0.3, 0.4) is 0 Å². The summed E-state index contributed by atoms with van der Waals surface area (Å²) in [5.41, 5.74) is 5.13. The number of nitrogens with one attached hydrogen (secondary N) is 1. The number of non-ortho nitro benzene ring substituents is 1. The molecular formula is C24H29N3O3. The summed E-state index contributed by atoms with van der Waals surface area (Å²) < 4.78 is 5.85. The van der Waals surface area contributed by atoms with E-state index >= 15 is 0 Å². The van der Waals surface area contributed by atoms with Gasteiger partial charge >= 0.3 is 0 Å². The van der Waals surface area contributed by atoms with Crippen molar-refractivity contribution in [1.82, 2.24) is 5.32 Å².